The van der Waals surface area contributed by atoms with Gasteiger partial charge in [-0.15, -0.1) is 0 Å². The number of carboxylic acid groups (broad SMARTS) is 1. The number of amides is 1. The Labute approximate surface area is 123 Å². The molecule has 118 valence electrons. The lowest BCUT2D eigenvalue weighted by atomic mass is 10.2. The second-order valence-corrected chi connectivity index (χ2v) is 4.60. The Morgan fingerprint density at radius 3 is 2.52 bits per heavy atom. The summed E-state index contributed by atoms with van der Waals surface area (Å²) in [5.41, 5.74) is 0. The topological polar surface area (TPSA) is 103 Å². The van der Waals surface area contributed by atoms with E-state index in [4.69, 9.17) is 14.6 Å². The highest BCUT2D eigenvalue weighted by molar-refractivity contribution is 5.94. The van der Waals surface area contributed by atoms with Crippen LogP contribution >= 0.6 is 0 Å². The number of carbonyl (C=O) groups excluding carboxylic acids is 1. The molecule has 0 radical (unpaired) electrons. The van der Waals surface area contributed by atoms with E-state index in [9.17, 15) is 9.59 Å². The number of hydrogen-bond acceptors (Lipinski definition) is 5. The van der Waals surface area contributed by atoms with Crippen molar-refractivity contribution in [3.05, 3.63) is 23.7 Å². The molecule has 0 spiro atoms. The van der Waals surface area contributed by atoms with E-state index in [1.54, 1.807) is 6.07 Å². The van der Waals surface area contributed by atoms with Crippen LogP contribution in [0.1, 0.15) is 36.6 Å². The number of aliphatic carboxylic acids is 1. The molecule has 1 rings (SSSR count). The van der Waals surface area contributed by atoms with Crippen LogP contribution in [0, 0.1) is 0 Å². The highest BCUT2D eigenvalue weighted by Crippen LogP contribution is 2.11. The van der Waals surface area contributed by atoms with Gasteiger partial charge in [-0.1, -0.05) is 13.8 Å². The maximum Gasteiger partial charge on any atom is 0.326 e. The molecule has 0 aliphatic carbocycles. The fraction of sp³-hybridized carbons (Fsp3) is 0.571. The maximum absolute atomic E-state index is 11.9. The fourth-order valence-corrected chi connectivity index (χ4v) is 1.87. The molecular weight excluding hydrogens is 276 g/mol. The minimum absolute atomic E-state index is 0.0475. The van der Waals surface area contributed by atoms with Crippen molar-refractivity contribution in [1.82, 2.24) is 10.2 Å². The van der Waals surface area contributed by atoms with Crippen molar-refractivity contribution >= 4 is 11.9 Å². The summed E-state index contributed by atoms with van der Waals surface area (Å²) in [4.78, 5) is 25.0. The fourth-order valence-electron chi connectivity index (χ4n) is 1.87. The Kier molecular flexibility index (Phi) is 6.90. The molecule has 0 unspecified atom stereocenters. The molecule has 1 aromatic heterocycles. The Morgan fingerprint density at radius 1 is 1.33 bits per heavy atom. The summed E-state index contributed by atoms with van der Waals surface area (Å²) >= 11 is 0. The number of carbonyl (C=O) groups is 2. The van der Waals surface area contributed by atoms with Gasteiger partial charge in [0, 0.05) is 13.0 Å². The molecule has 0 saturated carbocycles. The van der Waals surface area contributed by atoms with E-state index in [0.717, 1.165) is 13.1 Å². The highest BCUT2D eigenvalue weighted by Gasteiger charge is 2.21. The van der Waals surface area contributed by atoms with E-state index < -0.39 is 17.9 Å². The van der Waals surface area contributed by atoms with Gasteiger partial charge in [0.15, 0.2) is 5.76 Å². The SMILES string of the molecule is CCN(CC)Cc1ccc(C(=O)N[C@H](CCO)C(=O)O)o1. The maximum atomic E-state index is 11.9. The molecule has 0 aliphatic heterocycles. The Hall–Kier alpha value is -1.86. The normalized spacial score (nSPS) is 12.4. The van der Waals surface area contributed by atoms with Crippen LogP contribution in [0.5, 0.6) is 0 Å². The van der Waals surface area contributed by atoms with Gasteiger partial charge in [0.25, 0.3) is 5.91 Å². The second-order valence-electron chi connectivity index (χ2n) is 4.60. The monoisotopic (exact) mass is 298 g/mol. The summed E-state index contributed by atoms with van der Waals surface area (Å²) in [6.07, 6.45) is -0.0475. The van der Waals surface area contributed by atoms with Gasteiger partial charge < -0.3 is 19.9 Å². The van der Waals surface area contributed by atoms with Gasteiger partial charge in [-0.3, -0.25) is 9.69 Å². The van der Waals surface area contributed by atoms with Gasteiger partial charge in [-0.2, -0.15) is 0 Å². The van der Waals surface area contributed by atoms with E-state index in [2.05, 4.69) is 10.2 Å². The molecule has 0 aliphatic rings. The minimum atomic E-state index is -1.19. The number of carboxylic acids is 1. The molecule has 7 nitrogen and oxygen atoms in total. The lowest BCUT2D eigenvalue weighted by Gasteiger charge is -2.15. The first kappa shape index (κ1) is 17.2. The molecular formula is C14H22N2O5. The number of rotatable bonds is 9. The number of furan rings is 1. The average Bonchev–Trinajstić information content (AvgIpc) is 2.92. The standard InChI is InChI=1S/C14H22N2O5/c1-3-16(4-2)9-10-5-6-12(21-10)13(18)15-11(7-8-17)14(19)20/h5-6,11,17H,3-4,7-9H2,1-2H3,(H,15,18)(H,19,20)/t11-/m1/s1. The number of aliphatic hydroxyl groups is 1. The first-order valence-corrected chi connectivity index (χ1v) is 6.97. The number of nitrogens with zero attached hydrogens (tertiary/aromatic N) is 1. The molecule has 3 N–H and O–H groups in total. The van der Waals surface area contributed by atoms with E-state index in [1.165, 1.54) is 6.07 Å². The molecule has 21 heavy (non-hydrogen) atoms. The lowest BCUT2D eigenvalue weighted by molar-refractivity contribution is -0.139. The predicted octanol–water partition coefficient (Wildman–Crippen LogP) is 0.687. The third-order valence-electron chi connectivity index (χ3n) is 3.18. The summed E-state index contributed by atoms with van der Waals surface area (Å²) in [5, 5.41) is 20.0. The molecule has 0 aromatic carbocycles. The van der Waals surface area contributed by atoms with Gasteiger partial charge in [0.05, 0.1) is 6.54 Å². The van der Waals surface area contributed by atoms with Crippen molar-refractivity contribution in [2.24, 2.45) is 0 Å². The zero-order valence-electron chi connectivity index (χ0n) is 12.3. The van der Waals surface area contributed by atoms with Crippen molar-refractivity contribution in [2.45, 2.75) is 32.9 Å². The molecule has 0 bridgehead atoms. The van der Waals surface area contributed by atoms with Crippen LogP contribution < -0.4 is 5.32 Å². The van der Waals surface area contributed by atoms with Gasteiger partial charge in [0.2, 0.25) is 0 Å². The van der Waals surface area contributed by atoms with E-state index in [0.29, 0.717) is 12.3 Å². The molecule has 1 aromatic rings. The molecule has 0 fully saturated rings. The summed E-state index contributed by atoms with van der Waals surface area (Å²) in [5.74, 6) is -1.06. The first-order chi connectivity index (χ1) is 10.0. The van der Waals surface area contributed by atoms with Crippen LogP contribution in [0.2, 0.25) is 0 Å². The first-order valence-electron chi connectivity index (χ1n) is 6.97. The van der Waals surface area contributed by atoms with Gasteiger partial charge in [0.1, 0.15) is 11.8 Å². The van der Waals surface area contributed by atoms with E-state index in [1.807, 2.05) is 13.8 Å². The number of aliphatic hydroxyl groups excluding tert-OH is 1. The van der Waals surface area contributed by atoms with Gasteiger partial charge in [-0.05, 0) is 25.2 Å². The molecule has 1 atom stereocenters. The van der Waals surface area contributed by atoms with Crippen LogP contribution in [-0.2, 0) is 11.3 Å². The largest absolute Gasteiger partial charge is 0.480 e. The average molecular weight is 298 g/mol. The van der Waals surface area contributed by atoms with E-state index in [-0.39, 0.29) is 18.8 Å². The zero-order valence-corrected chi connectivity index (χ0v) is 12.3. The Balaban J connectivity index is 2.66. The summed E-state index contributed by atoms with van der Waals surface area (Å²) in [6.45, 7) is 6.09. The Bertz CT molecular complexity index is 468. The highest BCUT2D eigenvalue weighted by atomic mass is 16.4. The Morgan fingerprint density at radius 2 is 2.00 bits per heavy atom. The van der Waals surface area contributed by atoms with Crippen LogP contribution in [0.25, 0.3) is 0 Å². The molecule has 1 heterocycles. The molecule has 0 saturated heterocycles. The number of nitrogens with one attached hydrogen (secondary N) is 1. The van der Waals surface area contributed by atoms with Crippen LogP contribution in [0.15, 0.2) is 16.5 Å². The molecule has 7 heteroatoms. The van der Waals surface area contributed by atoms with Crippen LogP contribution in [0.3, 0.4) is 0 Å². The van der Waals surface area contributed by atoms with E-state index >= 15 is 0 Å². The van der Waals surface area contributed by atoms with Crippen molar-refractivity contribution in [3.8, 4) is 0 Å². The van der Waals surface area contributed by atoms with Crippen LogP contribution in [0.4, 0.5) is 0 Å². The third-order valence-corrected chi connectivity index (χ3v) is 3.18. The summed E-state index contributed by atoms with van der Waals surface area (Å²) in [7, 11) is 0. The molecule has 1 amide bonds. The smallest absolute Gasteiger partial charge is 0.326 e. The van der Waals surface area contributed by atoms with Crippen molar-refractivity contribution < 1.29 is 24.2 Å². The van der Waals surface area contributed by atoms with Crippen molar-refractivity contribution in [3.63, 3.8) is 0 Å². The summed E-state index contributed by atoms with van der Waals surface area (Å²) < 4.78 is 5.43. The number of hydrogen-bond donors (Lipinski definition) is 3. The third kappa shape index (κ3) is 5.20. The van der Waals surface area contributed by atoms with Gasteiger partial charge in [-0.25, -0.2) is 4.79 Å². The van der Waals surface area contributed by atoms with Crippen molar-refractivity contribution in [2.75, 3.05) is 19.7 Å². The zero-order chi connectivity index (χ0) is 15.8. The van der Waals surface area contributed by atoms with Crippen molar-refractivity contribution in [1.29, 1.82) is 0 Å². The quantitative estimate of drug-likeness (QED) is 0.619. The van der Waals surface area contributed by atoms with Crippen LogP contribution in [-0.4, -0.2) is 52.7 Å². The minimum Gasteiger partial charge on any atom is -0.480 e. The van der Waals surface area contributed by atoms with Gasteiger partial charge >= 0.3 is 5.97 Å². The summed E-state index contributed by atoms with van der Waals surface area (Å²) in [6, 6.07) is 2.10. The lowest BCUT2D eigenvalue weighted by Crippen LogP contribution is -2.41. The predicted molar refractivity (Wildman–Crippen MR) is 75.9 cm³/mol. The second kappa shape index (κ2) is 8.43.